The fraction of sp³-hybridized carbons (Fsp3) is 0.304. The van der Waals surface area contributed by atoms with Crippen LogP contribution in [0.2, 0.25) is 0 Å². The molecule has 5 heteroatoms. The molecular weight excluding hydrogens is 350 g/mol. The summed E-state index contributed by atoms with van der Waals surface area (Å²) in [7, 11) is 0. The van der Waals surface area contributed by atoms with Crippen LogP contribution >= 0.6 is 0 Å². The van der Waals surface area contributed by atoms with E-state index in [9.17, 15) is 9.59 Å². The second kappa shape index (κ2) is 7.98. The SMILES string of the molecule is Cc1cccc(C)c1Cn1c(C)c(C)c(=O)n(C[C@H](N)c2ccccc2)c1=O. The van der Waals surface area contributed by atoms with Gasteiger partial charge < -0.3 is 5.73 Å². The van der Waals surface area contributed by atoms with Crippen molar-refractivity contribution in [1.29, 1.82) is 0 Å². The van der Waals surface area contributed by atoms with Crippen molar-refractivity contribution in [2.45, 2.75) is 46.8 Å². The van der Waals surface area contributed by atoms with Gasteiger partial charge in [-0.05, 0) is 49.9 Å². The highest BCUT2D eigenvalue weighted by atomic mass is 16.2. The van der Waals surface area contributed by atoms with Crippen LogP contribution in [0.15, 0.2) is 58.1 Å². The number of hydrogen-bond acceptors (Lipinski definition) is 3. The van der Waals surface area contributed by atoms with Gasteiger partial charge in [0.05, 0.1) is 13.1 Å². The average molecular weight is 377 g/mol. The number of aromatic nitrogens is 2. The Bertz CT molecular complexity index is 1090. The van der Waals surface area contributed by atoms with Gasteiger partial charge in [0, 0.05) is 17.3 Å². The third-order valence-corrected chi connectivity index (χ3v) is 5.54. The van der Waals surface area contributed by atoms with E-state index in [0.717, 1.165) is 22.3 Å². The normalized spacial score (nSPS) is 12.2. The zero-order valence-corrected chi connectivity index (χ0v) is 16.9. The number of aryl methyl sites for hydroxylation is 2. The molecule has 2 N–H and O–H groups in total. The van der Waals surface area contributed by atoms with Gasteiger partial charge >= 0.3 is 5.69 Å². The first kappa shape index (κ1) is 19.8. The fourth-order valence-corrected chi connectivity index (χ4v) is 3.54. The zero-order chi connectivity index (χ0) is 20.4. The molecule has 1 aromatic heterocycles. The van der Waals surface area contributed by atoms with Crippen molar-refractivity contribution in [2.75, 3.05) is 0 Å². The van der Waals surface area contributed by atoms with E-state index in [0.29, 0.717) is 17.8 Å². The van der Waals surface area contributed by atoms with Crippen molar-refractivity contribution in [2.24, 2.45) is 5.73 Å². The van der Waals surface area contributed by atoms with E-state index in [4.69, 9.17) is 5.73 Å². The van der Waals surface area contributed by atoms with Gasteiger partial charge in [-0.25, -0.2) is 4.79 Å². The molecule has 3 aromatic rings. The van der Waals surface area contributed by atoms with Crippen LogP contribution in [0.1, 0.15) is 39.6 Å². The standard InChI is InChI=1S/C23H27N3O2/c1-15-9-8-10-16(2)20(15)13-25-18(4)17(3)22(27)26(23(25)28)14-21(24)19-11-6-5-7-12-19/h5-12,21H,13-14,24H2,1-4H3/t21-/m0/s1. The summed E-state index contributed by atoms with van der Waals surface area (Å²) >= 11 is 0. The van der Waals surface area contributed by atoms with E-state index in [1.165, 1.54) is 4.57 Å². The monoisotopic (exact) mass is 377 g/mol. The quantitative estimate of drug-likeness (QED) is 0.743. The lowest BCUT2D eigenvalue weighted by molar-refractivity contribution is 0.503. The van der Waals surface area contributed by atoms with Gasteiger partial charge in [-0.3, -0.25) is 13.9 Å². The summed E-state index contributed by atoms with van der Waals surface area (Å²) in [5.41, 5.74) is 11.2. The van der Waals surface area contributed by atoms with Crippen molar-refractivity contribution in [1.82, 2.24) is 9.13 Å². The first-order valence-corrected chi connectivity index (χ1v) is 9.47. The van der Waals surface area contributed by atoms with Gasteiger partial charge in [-0.15, -0.1) is 0 Å². The predicted molar refractivity (Wildman–Crippen MR) is 113 cm³/mol. The third-order valence-electron chi connectivity index (χ3n) is 5.54. The second-order valence-electron chi connectivity index (χ2n) is 7.38. The Labute approximate surface area is 165 Å². The smallest absolute Gasteiger partial charge is 0.322 e. The molecule has 0 aliphatic rings. The van der Waals surface area contributed by atoms with E-state index in [1.807, 2.05) is 69.3 Å². The molecule has 0 amide bonds. The first-order valence-electron chi connectivity index (χ1n) is 9.47. The number of rotatable bonds is 5. The van der Waals surface area contributed by atoms with Crippen LogP contribution in [0.25, 0.3) is 0 Å². The van der Waals surface area contributed by atoms with Gasteiger partial charge in [0.1, 0.15) is 0 Å². The Morgan fingerprint density at radius 1 is 0.857 bits per heavy atom. The van der Waals surface area contributed by atoms with Gasteiger partial charge in [0.25, 0.3) is 5.56 Å². The lowest BCUT2D eigenvalue weighted by Crippen LogP contribution is -2.44. The van der Waals surface area contributed by atoms with Crippen molar-refractivity contribution in [3.8, 4) is 0 Å². The van der Waals surface area contributed by atoms with E-state index >= 15 is 0 Å². The minimum absolute atomic E-state index is 0.148. The zero-order valence-electron chi connectivity index (χ0n) is 16.9. The molecule has 146 valence electrons. The maximum Gasteiger partial charge on any atom is 0.331 e. The largest absolute Gasteiger partial charge is 0.331 e. The fourth-order valence-electron chi connectivity index (χ4n) is 3.54. The van der Waals surface area contributed by atoms with E-state index in [-0.39, 0.29) is 17.8 Å². The molecule has 5 nitrogen and oxygen atoms in total. The van der Waals surface area contributed by atoms with Crippen LogP contribution in [-0.4, -0.2) is 9.13 Å². The summed E-state index contributed by atoms with van der Waals surface area (Å²) in [5, 5.41) is 0. The molecule has 1 atom stereocenters. The number of benzene rings is 2. The van der Waals surface area contributed by atoms with Crippen LogP contribution in [0.3, 0.4) is 0 Å². The number of hydrogen-bond donors (Lipinski definition) is 1. The lowest BCUT2D eigenvalue weighted by Gasteiger charge is -2.20. The molecule has 0 saturated carbocycles. The average Bonchev–Trinajstić information content (AvgIpc) is 2.69. The molecule has 0 fully saturated rings. The number of nitrogens with two attached hydrogens (primary N) is 1. The van der Waals surface area contributed by atoms with Gasteiger partial charge in [0.2, 0.25) is 0 Å². The molecule has 0 aliphatic carbocycles. The molecule has 0 unspecified atom stereocenters. The lowest BCUT2D eigenvalue weighted by atomic mass is 10.0. The van der Waals surface area contributed by atoms with E-state index in [1.54, 1.807) is 11.5 Å². The highest BCUT2D eigenvalue weighted by Gasteiger charge is 2.17. The van der Waals surface area contributed by atoms with Crippen LogP contribution < -0.4 is 17.0 Å². The summed E-state index contributed by atoms with van der Waals surface area (Å²) in [6, 6.07) is 15.2. The van der Waals surface area contributed by atoms with Crippen LogP contribution in [0, 0.1) is 27.7 Å². The minimum atomic E-state index is -0.428. The van der Waals surface area contributed by atoms with Crippen molar-refractivity contribution in [3.05, 3.63) is 103 Å². The van der Waals surface area contributed by atoms with Gasteiger partial charge in [-0.2, -0.15) is 0 Å². The molecular formula is C23H27N3O2. The Morgan fingerprint density at radius 3 is 2.07 bits per heavy atom. The molecule has 3 rings (SSSR count). The molecule has 0 spiro atoms. The second-order valence-corrected chi connectivity index (χ2v) is 7.38. The molecule has 2 aromatic carbocycles. The highest BCUT2D eigenvalue weighted by molar-refractivity contribution is 5.34. The van der Waals surface area contributed by atoms with Crippen LogP contribution in [0.4, 0.5) is 0 Å². The molecule has 0 aliphatic heterocycles. The van der Waals surface area contributed by atoms with Gasteiger partial charge in [-0.1, -0.05) is 48.5 Å². The molecule has 28 heavy (non-hydrogen) atoms. The summed E-state index contributed by atoms with van der Waals surface area (Å²) in [6.45, 7) is 8.25. The number of nitrogens with zero attached hydrogens (tertiary/aromatic N) is 2. The van der Waals surface area contributed by atoms with Gasteiger partial charge in [0.15, 0.2) is 0 Å². The van der Waals surface area contributed by atoms with E-state index in [2.05, 4.69) is 0 Å². The third kappa shape index (κ3) is 3.71. The molecule has 0 saturated heterocycles. The van der Waals surface area contributed by atoms with Crippen LogP contribution in [0.5, 0.6) is 0 Å². The van der Waals surface area contributed by atoms with Crippen LogP contribution in [-0.2, 0) is 13.1 Å². The minimum Gasteiger partial charge on any atom is -0.322 e. The Kier molecular flexibility index (Phi) is 5.66. The molecule has 1 heterocycles. The summed E-state index contributed by atoms with van der Waals surface area (Å²) in [4.78, 5) is 26.0. The van der Waals surface area contributed by atoms with Crippen molar-refractivity contribution in [3.63, 3.8) is 0 Å². The predicted octanol–water partition coefficient (Wildman–Crippen LogP) is 2.99. The highest BCUT2D eigenvalue weighted by Crippen LogP contribution is 2.16. The van der Waals surface area contributed by atoms with Crippen molar-refractivity contribution < 1.29 is 0 Å². The van der Waals surface area contributed by atoms with E-state index < -0.39 is 6.04 Å². The Balaban J connectivity index is 2.08. The summed E-state index contributed by atoms with van der Waals surface area (Å²) < 4.78 is 2.96. The molecule has 0 bridgehead atoms. The summed E-state index contributed by atoms with van der Waals surface area (Å²) in [5.74, 6) is 0. The maximum absolute atomic E-state index is 13.2. The molecule has 0 radical (unpaired) electrons. The first-order chi connectivity index (χ1) is 13.3. The summed E-state index contributed by atoms with van der Waals surface area (Å²) in [6.07, 6.45) is 0. The Morgan fingerprint density at radius 2 is 1.46 bits per heavy atom. The topological polar surface area (TPSA) is 70.0 Å². The maximum atomic E-state index is 13.2. The Hall–Kier alpha value is -2.92. The van der Waals surface area contributed by atoms with Crippen molar-refractivity contribution >= 4 is 0 Å².